The van der Waals surface area contributed by atoms with Crippen LogP contribution in [-0.2, 0) is 62.6 Å². The average Bonchev–Trinajstić information content (AvgIpc) is 0.786. The molecule has 0 aliphatic heterocycles. The predicted octanol–water partition coefficient (Wildman–Crippen LogP) is 16.1. The lowest BCUT2D eigenvalue weighted by Crippen LogP contribution is -2.61. The summed E-state index contributed by atoms with van der Waals surface area (Å²) in [4.78, 5) is 126. The van der Waals surface area contributed by atoms with Crippen molar-refractivity contribution in [2.75, 3.05) is 16.0 Å². The summed E-state index contributed by atoms with van der Waals surface area (Å²) < 4.78 is 159. The first kappa shape index (κ1) is 96.0. The second kappa shape index (κ2) is 41.1. The largest absolute Gasteiger partial charge is 0.444 e. The van der Waals surface area contributed by atoms with Crippen LogP contribution in [0.25, 0.3) is 0 Å². The molecule has 0 aliphatic carbocycles. The second-order valence-corrected chi connectivity index (χ2v) is 29.6. The number of alkyl halides is 9. The Kier molecular flexibility index (Phi) is 34.6. The quantitative estimate of drug-likeness (QED) is 0.00893. The number of carbonyl (C=O) groups excluding carboxylic acids is 9. The number of pyridine rings is 3. The van der Waals surface area contributed by atoms with Crippen LogP contribution in [-0.4, -0.2) is 121 Å². The number of nitrogens with zero attached hydrogens (tertiary/aromatic N) is 3. The SMILES string of the molecule is C=CCC(OCc1ccccc1)(C(=O)NNC(=O)c1nc(Br)c(C)cc1NC(=O)OC(C)(C)C)C(F)(F)F.C=CC[C@@](OCc1ccccc1)(C(=O)NNC(=O)c1nc(Br)c(C)cc1NC(=O)OC(C)(C)C)C(F)(F)F.C=CC[C@](OCc1ccccc1)(C(=O)NNC(=O)c1nc(Br)c(C)cc1NC(=O)OC(C)(C)C)C(F)(F)F. The summed E-state index contributed by atoms with van der Waals surface area (Å²) in [5.74, 6) is -8.36. The molecule has 0 saturated carbocycles. The fraction of sp³-hybridized carbons (Fsp3) is 0.360. The molecule has 39 heteroatoms. The van der Waals surface area contributed by atoms with E-state index in [1.54, 1.807) is 154 Å². The molecule has 3 atom stereocenters. The number of ether oxygens (including phenoxy) is 6. The molecule has 0 spiro atoms. The number of benzene rings is 3. The molecule has 618 valence electrons. The zero-order chi connectivity index (χ0) is 86.2. The smallest absolute Gasteiger partial charge is 0.427 e. The molecule has 0 bridgehead atoms. The van der Waals surface area contributed by atoms with Crippen LogP contribution >= 0.6 is 47.8 Å². The van der Waals surface area contributed by atoms with Crippen molar-refractivity contribution in [1.82, 2.24) is 47.5 Å². The number of hydrogen-bond donors (Lipinski definition) is 9. The minimum atomic E-state index is -5.17. The summed E-state index contributed by atoms with van der Waals surface area (Å²) in [5.41, 5.74) is -0.229. The van der Waals surface area contributed by atoms with Crippen molar-refractivity contribution < 1.29 is 111 Å². The van der Waals surface area contributed by atoms with E-state index in [0.717, 1.165) is 18.2 Å². The lowest BCUT2D eigenvalue weighted by molar-refractivity contribution is -0.270. The summed E-state index contributed by atoms with van der Waals surface area (Å²) in [6.07, 6.45) is -18.3. The molecule has 3 heterocycles. The Hall–Kier alpha value is -10.4. The number of nitrogens with one attached hydrogen (secondary N) is 9. The van der Waals surface area contributed by atoms with E-state index >= 15 is 0 Å². The molecule has 9 N–H and O–H groups in total. The van der Waals surface area contributed by atoms with E-state index in [2.05, 4.69) is 98.4 Å². The van der Waals surface area contributed by atoms with Crippen LogP contribution in [0.1, 0.15) is 146 Å². The number of hydrogen-bond acceptors (Lipinski definition) is 18. The van der Waals surface area contributed by atoms with E-state index in [4.69, 9.17) is 28.4 Å². The second-order valence-electron chi connectivity index (χ2n) is 27.4. The van der Waals surface area contributed by atoms with Gasteiger partial charge in [-0.05, 0) is 182 Å². The molecule has 3 aromatic heterocycles. The molecule has 9 amide bonds. The lowest BCUT2D eigenvalue weighted by atomic mass is 9.97. The Morgan fingerprint density at radius 2 is 0.579 bits per heavy atom. The fourth-order valence-electron chi connectivity index (χ4n) is 9.22. The first-order valence-corrected chi connectivity index (χ1v) is 36.1. The molecule has 1 unspecified atom stereocenters. The molecule has 114 heavy (non-hydrogen) atoms. The molecule has 0 aliphatic rings. The van der Waals surface area contributed by atoms with Gasteiger partial charge in [0.25, 0.3) is 35.4 Å². The Bertz CT molecular complexity index is 4000. The standard InChI is InChI=1S/3C25H28BrF3N4O5/c3*1-6-12-24(25(27,28)29,37-14-16-10-8-7-9-11-16)21(35)33-32-20(34)18-17(13-15(2)19(26)31-18)30-22(36)38-23(3,4)5/h3*6-11,13H,1,12,14H2,2-5H3,(H,30,36)(H,32,34)(H,33,35)/t2*24-;/m10./s1. The lowest BCUT2D eigenvalue weighted by Gasteiger charge is -2.33. The zero-order valence-corrected chi connectivity index (χ0v) is 68.2. The molecule has 3 aromatic carbocycles. The van der Waals surface area contributed by atoms with Crippen LogP contribution in [0.5, 0.6) is 0 Å². The minimum absolute atomic E-state index is 0.0970. The molecule has 27 nitrogen and oxygen atoms in total. The fourth-order valence-corrected chi connectivity index (χ4v) is 10.1. The van der Waals surface area contributed by atoms with Gasteiger partial charge in [-0.25, -0.2) is 29.3 Å². The van der Waals surface area contributed by atoms with Gasteiger partial charge in [0.15, 0.2) is 17.1 Å². The van der Waals surface area contributed by atoms with Crippen LogP contribution in [0, 0.1) is 20.8 Å². The van der Waals surface area contributed by atoms with E-state index < -0.39 is 162 Å². The number of aryl methyl sites for hydroxylation is 3. The van der Waals surface area contributed by atoms with Gasteiger partial charge in [0.1, 0.15) is 30.6 Å². The molecule has 6 rings (SSSR count). The van der Waals surface area contributed by atoms with Gasteiger partial charge in [-0.2, -0.15) is 39.5 Å². The summed E-state index contributed by atoms with van der Waals surface area (Å²) in [6, 6.07) is 28.1. The highest BCUT2D eigenvalue weighted by atomic mass is 79.9. The third-order valence-electron chi connectivity index (χ3n) is 14.6. The number of rotatable bonds is 24. The Labute approximate surface area is 675 Å². The normalized spacial score (nSPS) is 13.2. The van der Waals surface area contributed by atoms with Gasteiger partial charge < -0.3 is 28.4 Å². The molecular weight excluding hydrogens is 1720 g/mol. The first-order valence-electron chi connectivity index (χ1n) is 33.7. The van der Waals surface area contributed by atoms with Crippen molar-refractivity contribution >= 4 is 119 Å². The highest BCUT2D eigenvalue weighted by molar-refractivity contribution is 9.11. The number of amides is 9. The summed E-state index contributed by atoms with van der Waals surface area (Å²) >= 11 is 9.49. The van der Waals surface area contributed by atoms with Gasteiger partial charge in [-0.3, -0.25) is 77.3 Å². The zero-order valence-electron chi connectivity index (χ0n) is 63.5. The van der Waals surface area contributed by atoms with E-state index in [1.807, 2.05) is 16.3 Å². The molecule has 0 radical (unpaired) electrons. The number of carbonyl (C=O) groups is 9. The number of aromatic nitrogens is 3. The molecule has 0 fully saturated rings. The van der Waals surface area contributed by atoms with Gasteiger partial charge in [0, 0.05) is 19.3 Å². The maximum Gasteiger partial charge on any atom is 0.427 e. The summed E-state index contributed by atoms with van der Waals surface area (Å²) in [6.45, 7) is 27.9. The van der Waals surface area contributed by atoms with E-state index in [1.165, 1.54) is 54.6 Å². The molecule has 6 aromatic rings. The van der Waals surface area contributed by atoms with Gasteiger partial charge >= 0.3 is 36.8 Å². The van der Waals surface area contributed by atoms with Crippen LogP contribution in [0.3, 0.4) is 0 Å². The van der Waals surface area contributed by atoms with Crippen LogP contribution < -0.4 is 48.5 Å². The maximum absolute atomic E-state index is 14.2. The van der Waals surface area contributed by atoms with Crippen molar-refractivity contribution in [3.63, 3.8) is 0 Å². The van der Waals surface area contributed by atoms with E-state index in [0.29, 0.717) is 33.4 Å². The van der Waals surface area contributed by atoms with Gasteiger partial charge in [0.05, 0.1) is 36.9 Å². The van der Waals surface area contributed by atoms with Gasteiger partial charge in [-0.15, -0.1) is 19.7 Å². The number of hydrazine groups is 3. The Balaban J connectivity index is 0.000000360. The topological polar surface area (TPSA) is 356 Å². The monoisotopic (exact) mass is 1800 g/mol. The van der Waals surface area contributed by atoms with Crippen LogP contribution in [0.15, 0.2) is 161 Å². The van der Waals surface area contributed by atoms with Gasteiger partial charge in [0.2, 0.25) is 16.8 Å². The Morgan fingerprint density at radius 1 is 0.368 bits per heavy atom. The number of anilines is 3. The van der Waals surface area contributed by atoms with Crippen molar-refractivity contribution in [1.29, 1.82) is 0 Å². The average molecular weight is 1800 g/mol. The highest BCUT2D eigenvalue weighted by Crippen LogP contribution is 2.41. The first-order chi connectivity index (χ1) is 52.8. The highest BCUT2D eigenvalue weighted by Gasteiger charge is 2.63. The Morgan fingerprint density at radius 3 is 0.763 bits per heavy atom. The van der Waals surface area contributed by atoms with Crippen molar-refractivity contribution in [2.45, 2.75) is 174 Å². The minimum Gasteiger partial charge on any atom is -0.444 e. The van der Waals surface area contributed by atoms with Crippen molar-refractivity contribution in [3.05, 3.63) is 211 Å². The maximum atomic E-state index is 14.2. The predicted molar refractivity (Wildman–Crippen MR) is 411 cm³/mol. The molecular formula is C75H84Br3F9N12O15. The summed E-state index contributed by atoms with van der Waals surface area (Å²) in [7, 11) is 0. The van der Waals surface area contributed by atoms with Crippen LogP contribution in [0.4, 0.5) is 71.0 Å². The van der Waals surface area contributed by atoms with E-state index in [9.17, 15) is 82.7 Å². The molecule has 0 saturated heterocycles. The summed E-state index contributed by atoms with van der Waals surface area (Å²) in [5, 5.41) is 7.14. The third-order valence-corrected chi connectivity index (χ3v) is 17.0. The van der Waals surface area contributed by atoms with Gasteiger partial charge in [-0.1, -0.05) is 109 Å². The van der Waals surface area contributed by atoms with Crippen molar-refractivity contribution in [2.24, 2.45) is 0 Å². The number of halogens is 12. The van der Waals surface area contributed by atoms with Crippen molar-refractivity contribution in [3.8, 4) is 0 Å². The van der Waals surface area contributed by atoms with E-state index in [-0.39, 0.29) is 30.9 Å². The third kappa shape index (κ3) is 28.3. The van der Waals surface area contributed by atoms with Crippen LogP contribution in [0.2, 0.25) is 0 Å².